The highest BCUT2D eigenvalue weighted by molar-refractivity contribution is 7.83. The maximum absolute atomic E-state index is 11.6. The van der Waals surface area contributed by atoms with Gasteiger partial charge in [0, 0.05) is 0 Å². The molecule has 0 bridgehead atoms. The van der Waals surface area contributed by atoms with Gasteiger partial charge in [0.2, 0.25) is 0 Å². The number of aliphatic hydroxyl groups is 8. The normalized spacial score (nSPS) is 46.6. The second kappa shape index (κ2) is 12.7. The molecule has 0 saturated carbocycles. The largest absolute Gasteiger partial charge is 0.479 e. The minimum absolute atomic E-state index is 1.09. The zero-order valence-electron chi connectivity index (χ0n) is 19.9. The Kier molecular flexibility index (Phi) is 10.4. The van der Waals surface area contributed by atoms with Gasteiger partial charge in [0.1, 0.15) is 61.0 Å². The minimum atomic E-state index is -5.24. The molecular weight excluding hydrogens is 582 g/mol. The van der Waals surface area contributed by atoms with Crippen LogP contribution in [-0.2, 0) is 43.6 Å². The van der Waals surface area contributed by atoms with Gasteiger partial charge in [-0.1, -0.05) is 0 Å². The van der Waals surface area contributed by atoms with Crippen LogP contribution < -0.4 is 4.72 Å². The molecule has 3 aliphatic rings. The monoisotopic (exact) mass is 611 g/mol. The molecule has 21 nitrogen and oxygen atoms in total. The number of rotatable bonds is 9. The van der Waals surface area contributed by atoms with Crippen LogP contribution in [0.3, 0.4) is 0 Å². The van der Waals surface area contributed by atoms with Gasteiger partial charge in [-0.25, -0.2) is 9.59 Å². The summed E-state index contributed by atoms with van der Waals surface area (Å²) in [6.45, 7) is -1.09. The Labute approximate surface area is 223 Å². The number of aliphatic hydroxyl groups excluding tert-OH is 8. The summed E-state index contributed by atoms with van der Waals surface area (Å²) < 4.78 is 59.6. The van der Waals surface area contributed by atoms with E-state index >= 15 is 0 Å². The van der Waals surface area contributed by atoms with Gasteiger partial charge in [-0.05, 0) is 0 Å². The Morgan fingerprint density at radius 3 is 1.80 bits per heavy atom. The number of hydrogen-bond acceptors (Lipinski definition) is 17. The molecule has 3 heterocycles. The van der Waals surface area contributed by atoms with Crippen LogP contribution >= 0.6 is 0 Å². The molecule has 0 unspecified atom stereocenters. The zero-order chi connectivity index (χ0) is 30.3. The fourth-order valence-corrected chi connectivity index (χ4v) is 4.92. The lowest BCUT2D eigenvalue weighted by Crippen LogP contribution is -2.69. The van der Waals surface area contributed by atoms with Crippen LogP contribution in [0.5, 0.6) is 0 Å². The van der Waals surface area contributed by atoms with Gasteiger partial charge < -0.3 is 74.7 Å². The molecule has 0 aromatic rings. The summed E-state index contributed by atoms with van der Waals surface area (Å²) in [4.78, 5) is 23.0. The van der Waals surface area contributed by atoms with E-state index in [4.69, 9.17) is 18.9 Å². The molecule has 3 saturated heterocycles. The molecular formula is C18H29NO20S. The molecule has 232 valence electrons. The predicted octanol–water partition coefficient (Wildman–Crippen LogP) is -7.99. The van der Waals surface area contributed by atoms with E-state index in [1.54, 1.807) is 0 Å². The van der Waals surface area contributed by atoms with Crippen LogP contribution in [0.25, 0.3) is 0 Å². The van der Waals surface area contributed by atoms with Crippen molar-refractivity contribution in [2.45, 2.75) is 92.1 Å². The van der Waals surface area contributed by atoms with Crippen LogP contribution in [0.2, 0.25) is 0 Å². The Morgan fingerprint density at radius 1 is 0.700 bits per heavy atom. The molecule has 3 aliphatic heterocycles. The molecule has 0 aromatic carbocycles. The highest BCUT2D eigenvalue weighted by Crippen LogP contribution is 2.32. The van der Waals surface area contributed by atoms with Gasteiger partial charge >= 0.3 is 22.2 Å². The number of carboxylic acid groups (broad SMARTS) is 2. The first kappa shape index (κ1) is 32.8. The summed E-state index contributed by atoms with van der Waals surface area (Å²) in [6.07, 6.45) is -29.8. The average molecular weight is 611 g/mol. The summed E-state index contributed by atoms with van der Waals surface area (Å²) in [5.41, 5.74) is 0. The van der Waals surface area contributed by atoms with Crippen molar-refractivity contribution in [2.24, 2.45) is 0 Å². The maximum atomic E-state index is 11.6. The van der Waals surface area contributed by atoms with Crippen molar-refractivity contribution in [3.05, 3.63) is 0 Å². The van der Waals surface area contributed by atoms with E-state index in [0.717, 1.165) is 0 Å². The molecule has 15 atom stereocenters. The number of carbonyl (C=O) groups is 2. The highest BCUT2D eigenvalue weighted by Gasteiger charge is 2.55. The topological polar surface area (TPSA) is 349 Å². The Hall–Kier alpha value is -1.71. The number of ether oxygens (including phenoxy) is 5. The average Bonchev–Trinajstić information content (AvgIpc) is 2.86. The number of carboxylic acids is 2. The maximum Gasteiger partial charge on any atom is 0.335 e. The molecule has 12 N–H and O–H groups in total. The molecule has 0 aromatic heterocycles. The van der Waals surface area contributed by atoms with Crippen LogP contribution in [0.1, 0.15) is 0 Å². The summed E-state index contributed by atoms with van der Waals surface area (Å²) in [6, 6.07) is -2.18. The number of aliphatic carboxylic acids is 2. The van der Waals surface area contributed by atoms with Crippen molar-refractivity contribution in [1.29, 1.82) is 0 Å². The first-order valence-corrected chi connectivity index (χ1v) is 12.8. The van der Waals surface area contributed by atoms with E-state index in [2.05, 4.69) is 4.74 Å². The zero-order valence-corrected chi connectivity index (χ0v) is 20.7. The van der Waals surface area contributed by atoms with Gasteiger partial charge in [0.15, 0.2) is 31.1 Å². The Bertz CT molecular complexity index is 1010. The second-order valence-electron chi connectivity index (χ2n) is 9.04. The Balaban J connectivity index is 1.91. The van der Waals surface area contributed by atoms with Crippen molar-refractivity contribution in [2.75, 3.05) is 6.61 Å². The third-order valence-electron chi connectivity index (χ3n) is 6.34. The molecule has 0 aliphatic carbocycles. The fourth-order valence-electron chi connectivity index (χ4n) is 4.32. The molecule has 0 spiro atoms. The summed E-state index contributed by atoms with van der Waals surface area (Å²) in [7, 11) is -5.24. The summed E-state index contributed by atoms with van der Waals surface area (Å²) in [5.74, 6) is -3.62. The first-order chi connectivity index (χ1) is 18.5. The van der Waals surface area contributed by atoms with Gasteiger partial charge in [-0.2, -0.15) is 13.1 Å². The highest BCUT2D eigenvalue weighted by atomic mass is 32.2. The van der Waals surface area contributed by atoms with Crippen molar-refractivity contribution in [1.82, 2.24) is 4.72 Å². The van der Waals surface area contributed by atoms with E-state index < -0.39 is 121 Å². The fraction of sp³-hybridized carbons (Fsp3) is 0.889. The van der Waals surface area contributed by atoms with Gasteiger partial charge in [0.25, 0.3) is 0 Å². The lowest BCUT2D eigenvalue weighted by Gasteiger charge is -2.48. The van der Waals surface area contributed by atoms with Crippen molar-refractivity contribution >= 4 is 22.2 Å². The van der Waals surface area contributed by atoms with E-state index in [-0.39, 0.29) is 0 Å². The number of hydrogen-bond donors (Lipinski definition) is 12. The quantitative estimate of drug-likeness (QED) is 0.108. The minimum Gasteiger partial charge on any atom is -0.479 e. The SMILES string of the molecule is O=C(O)[C@H]1O[C@@H](O)[C@H](O)[C@@H](O)[C@@H]1O[C@H]1O[C@H](CO)[C@@H](O[C@@H]2O[C@@H](C(=O)O)[C@@H](O)[C@H](O)[C@H]2O)[C@H](O)[C@H]1NS(=O)(=O)O. The van der Waals surface area contributed by atoms with Crippen LogP contribution in [0.4, 0.5) is 0 Å². The molecule has 0 radical (unpaired) electrons. The molecule has 3 fully saturated rings. The van der Waals surface area contributed by atoms with Gasteiger partial charge in [0.05, 0.1) is 6.61 Å². The van der Waals surface area contributed by atoms with Crippen molar-refractivity contribution < 1.29 is 97.3 Å². The lowest BCUT2D eigenvalue weighted by atomic mass is 9.95. The summed E-state index contributed by atoms with van der Waals surface area (Å²) in [5, 5.41) is 99.1. The van der Waals surface area contributed by atoms with Crippen LogP contribution in [0.15, 0.2) is 0 Å². The van der Waals surface area contributed by atoms with Gasteiger partial charge in [-0.15, -0.1) is 0 Å². The molecule has 0 amide bonds. The van der Waals surface area contributed by atoms with E-state index in [0.29, 0.717) is 0 Å². The summed E-state index contributed by atoms with van der Waals surface area (Å²) >= 11 is 0. The third kappa shape index (κ3) is 6.84. The van der Waals surface area contributed by atoms with Gasteiger partial charge in [-0.3, -0.25) is 4.55 Å². The third-order valence-corrected chi connectivity index (χ3v) is 6.91. The number of nitrogens with one attached hydrogen (secondary N) is 1. The van der Waals surface area contributed by atoms with E-state index in [1.807, 2.05) is 0 Å². The predicted molar refractivity (Wildman–Crippen MR) is 115 cm³/mol. The van der Waals surface area contributed by atoms with Crippen LogP contribution in [-0.4, -0.2) is 175 Å². The standard InChI is InChI=1S/C18H29NO20S/c20-1-2-10(37-18-9(26)5(22)6(23)12(39-18)14(27)28)4(21)3(19-40(32,33)34)17(35-2)38-11-7(24)8(25)16(31)36-13(11)15(29)30/h2-13,16-26,31H,1H2,(H,27,28)(H,29,30)(H,32,33,34)/t2-,3-,4-,5+,6+,7-,8-,9-,10-,11+,12-,13+,16-,17-,18-/m1/s1. The van der Waals surface area contributed by atoms with E-state index in [9.17, 15) is 73.6 Å². The van der Waals surface area contributed by atoms with Crippen molar-refractivity contribution in [3.63, 3.8) is 0 Å². The molecule has 22 heteroatoms. The van der Waals surface area contributed by atoms with E-state index in [1.165, 1.54) is 4.72 Å². The molecule has 3 rings (SSSR count). The lowest BCUT2D eigenvalue weighted by molar-refractivity contribution is -0.359. The molecule has 40 heavy (non-hydrogen) atoms. The Morgan fingerprint density at radius 2 is 1.27 bits per heavy atom. The second-order valence-corrected chi connectivity index (χ2v) is 10.2. The first-order valence-electron chi connectivity index (χ1n) is 11.3. The van der Waals surface area contributed by atoms with Crippen molar-refractivity contribution in [3.8, 4) is 0 Å². The smallest absolute Gasteiger partial charge is 0.335 e. The van der Waals surface area contributed by atoms with Crippen LogP contribution in [0, 0.1) is 0 Å².